The van der Waals surface area contributed by atoms with Crippen molar-refractivity contribution in [2.75, 3.05) is 6.54 Å². The van der Waals surface area contributed by atoms with Crippen molar-refractivity contribution < 1.29 is 9.59 Å². The second-order valence-electron chi connectivity index (χ2n) is 3.08. The number of halogens is 1. The normalized spacial score (nSPS) is 9.62. The van der Waals surface area contributed by atoms with E-state index < -0.39 is 0 Å². The lowest BCUT2D eigenvalue weighted by Gasteiger charge is -2.04. The first-order chi connectivity index (χ1) is 7.63. The van der Waals surface area contributed by atoms with Crippen molar-refractivity contribution in [2.24, 2.45) is 5.84 Å². The molecule has 0 saturated heterocycles. The Kier molecular flexibility index (Phi) is 4.94. The summed E-state index contributed by atoms with van der Waals surface area (Å²) >= 11 is 3.28. The summed E-state index contributed by atoms with van der Waals surface area (Å²) in [5.41, 5.74) is 2.54. The zero-order valence-electron chi connectivity index (χ0n) is 8.50. The first-order valence-electron chi connectivity index (χ1n) is 4.66. The van der Waals surface area contributed by atoms with Gasteiger partial charge in [-0.05, 0) is 24.3 Å². The molecular weight excluding hydrogens is 274 g/mol. The van der Waals surface area contributed by atoms with Crippen molar-refractivity contribution in [1.82, 2.24) is 10.7 Å². The molecule has 4 N–H and O–H groups in total. The second-order valence-corrected chi connectivity index (χ2v) is 4.00. The standard InChI is InChI=1S/C10H12BrN3O2/c11-8-3-1-7(2-4-8)10(16)13-6-5-9(15)14-12/h1-4H,5-6,12H2,(H,13,16)(H,14,15). The van der Waals surface area contributed by atoms with Crippen molar-refractivity contribution in [3.8, 4) is 0 Å². The number of nitrogens with one attached hydrogen (secondary N) is 2. The Morgan fingerprint density at radius 1 is 1.25 bits per heavy atom. The quantitative estimate of drug-likeness (QED) is 0.429. The largest absolute Gasteiger partial charge is 0.352 e. The van der Waals surface area contributed by atoms with E-state index in [0.717, 1.165) is 4.47 Å². The Morgan fingerprint density at radius 2 is 1.88 bits per heavy atom. The van der Waals surface area contributed by atoms with Gasteiger partial charge in [-0.25, -0.2) is 5.84 Å². The van der Waals surface area contributed by atoms with Crippen LogP contribution in [-0.2, 0) is 4.79 Å². The SMILES string of the molecule is NNC(=O)CCNC(=O)c1ccc(Br)cc1. The fourth-order valence-corrected chi connectivity index (χ4v) is 1.33. The molecule has 16 heavy (non-hydrogen) atoms. The van der Waals surface area contributed by atoms with E-state index >= 15 is 0 Å². The highest BCUT2D eigenvalue weighted by atomic mass is 79.9. The van der Waals surface area contributed by atoms with Crippen LogP contribution in [0.5, 0.6) is 0 Å². The average molecular weight is 286 g/mol. The van der Waals surface area contributed by atoms with Crippen LogP contribution < -0.4 is 16.6 Å². The number of benzene rings is 1. The van der Waals surface area contributed by atoms with Gasteiger partial charge in [0.2, 0.25) is 5.91 Å². The monoisotopic (exact) mass is 285 g/mol. The predicted octanol–water partition coefficient (Wildman–Crippen LogP) is 0.559. The molecule has 0 radical (unpaired) electrons. The molecule has 0 aromatic heterocycles. The molecule has 1 rings (SSSR count). The van der Waals surface area contributed by atoms with Gasteiger partial charge in [-0.3, -0.25) is 15.0 Å². The number of carbonyl (C=O) groups excluding carboxylic acids is 2. The van der Waals surface area contributed by atoms with Gasteiger partial charge >= 0.3 is 0 Å². The molecule has 5 nitrogen and oxygen atoms in total. The molecule has 0 bridgehead atoms. The molecule has 0 saturated carbocycles. The predicted molar refractivity (Wildman–Crippen MR) is 63.4 cm³/mol. The summed E-state index contributed by atoms with van der Waals surface area (Å²) in [6.07, 6.45) is 0.165. The van der Waals surface area contributed by atoms with E-state index in [-0.39, 0.29) is 24.8 Å². The number of hydrogen-bond donors (Lipinski definition) is 3. The smallest absolute Gasteiger partial charge is 0.251 e. The van der Waals surface area contributed by atoms with Gasteiger partial charge in [0.15, 0.2) is 0 Å². The Morgan fingerprint density at radius 3 is 2.44 bits per heavy atom. The van der Waals surface area contributed by atoms with Crippen molar-refractivity contribution in [3.05, 3.63) is 34.3 Å². The average Bonchev–Trinajstić information content (AvgIpc) is 2.29. The molecule has 0 aliphatic rings. The van der Waals surface area contributed by atoms with Crippen LogP contribution in [0.15, 0.2) is 28.7 Å². The summed E-state index contributed by atoms with van der Waals surface area (Å²) in [5, 5.41) is 2.61. The van der Waals surface area contributed by atoms with E-state index in [9.17, 15) is 9.59 Å². The fraction of sp³-hybridized carbons (Fsp3) is 0.200. The molecule has 0 fully saturated rings. The molecule has 6 heteroatoms. The van der Waals surface area contributed by atoms with Crippen LogP contribution in [0, 0.1) is 0 Å². The van der Waals surface area contributed by atoms with Crippen LogP contribution in [0.25, 0.3) is 0 Å². The lowest BCUT2D eigenvalue weighted by Crippen LogP contribution is -2.34. The van der Waals surface area contributed by atoms with Gasteiger partial charge in [0.25, 0.3) is 5.91 Å². The highest BCUT2D eigenvalue weighted by molar-refractivity contribution is 9.10. The lowest BCUT2D eigenvalue weighted by molar-refractivity contribution is -0.121. The molecule has 0 unspecified atom stereocenters. The summed E-state index contributed by atoms with van der Waals surface area (Å²) in [5.74, 6) is 4.38. The van der Waals surface area contributed by atoms with Gasteiger partial charge in [0, 0.05) is 23.0 Å². The van der Waals surface area contributed by atoms with Crippen molar-refractivity contribution in [2.45, 2.75) is 6.42 Å². The van der Waals surface area contributed by atoms with Crippen LogP contribution in [0.2, 0.25) is 0 Å². The van der Waals surface area contributed by atoms with E-state index in [1.54, 1.807) is 24.3 Å². The van der Waals surface area contributed by atoms with Crippen LogP contribution in [0.3, 0.4) is 0 Å². The zero-order chi connectivity index (χ0) is 12.0. The Hall–Kier alpha value is -1.40. The van der Waals surface area contributed by atoms with Crippen LogP contribution in [-0.4, -0.2) is 18.4 Å². The molecule has 0 spiro atoms. The van der Waals surface area contributed by atoms with Crippen molar-refractivity contribution in [3.63, 3.8) is 0 Å². The molecular formula is C10H12BrN3O2. The van der Waals surface area contributed by atoms with E-state index in [1.807, 2.05) is 5.43 Å². The lowest BCUT2D eigenvalue weighted by atomic mass is 10.2. The number of nitrogens with two attached hydrogens (primary N) is 1. The topological polar surface area (TPSA) is 84.2 Å². The molecule has 0 heterocycles. The van der Waals surface area contributed by atoms with Gasteiger partial charge in [0.1, 0.15) is 0 Å². The van der Waals surface area contributed by atoms with Gasteiger partial charge in [-0.15, -0.1) is 0 Å². The van der Waals surface area contributed by atoms with Crippen LogP contribution in [0.1, 0.15) is 16.8 Å². The van der Waals surface area contributed by atoms with Gasteiger partial charge in [0.05, 0.1) is 0 Å². The van der Waals surface area contributed by atoms with E-state index in [1.165, 1.54) is 0 Å². The minimum atomic E-state index is -0.309. The number of amides is 2. The van der Waals surface area contributed by atoms with Crippen molar-refractivity contribution >= 4 is 27.7 Å². The molecule has 1 aromatic carbocycles. The zero-order valence-corrected chi connectivity index (χ0v) is 10.1. The van der Waals surface area contributed by atoms with E-state index in [2.05, 4.69) is 21.2 Å². The molecule has 86 valence electrons. The van der Waals surface area contributed by atoms with Crippen LogP contribution >= 0.6 is 15.9 Å². The number of carbonyl (C=O) groups is 2. The third-order valence-electron chi connectivity index (χ3n) is 1.91. The summed E-state index contributed by atoms with van der Waals surface area (Å²) < 4.78 is 0.909. The molecule has 0 atom stereocenters. The molecule has 1 aromatic rings. The summed E-state index contributed by atoms with van der Waals surface area (Å²) in [6, 6.07) is 6.95. The third kappa shape index (κ3) is 4.00. The molecule has 0 aliphatic heterocycles. The maximum Gasteiger partial charge on any atom is 0.251 e. The minimum Gasteiger partial charge on any atom is -0.352 e. The Labute approximate surface area is 101 Å². The highest BCUT2D eigenvalue weighted by Crippen LogP contribution is 2.10. The highest BCUT2D eigenvalue weighted by Gasteiger charge is 2.05. The van der Waals surface area contributed by atoms with Gasteiger partial charge in [-0.2, -0.15) is 0 Å². The van der Waals surface area contributed by atoms with E-state index in [4.69, 9.17) is 5.84 Å². The fourth-order valence-electron chi connectivity index (χ4n) is 1.07. The summed E-state index contributed by atoms with van der Waals surface area (Å²) in [6.45, 7) is 0.262. The van der Waals surface area contributed by atoms with E-state index in [0.29, 0.717) is 5.56 Å². The molecule has 2 amide bonds. The number of rotatable bonds is 4. The second kappa shape index (κ2) is 6.24. The maximum atomic E-state index is 11.5. The Balaban J connectivity index is 2.41. The maximum absolute atomic E-state index is 11.5. The van der Waals surface area contributed by atoms with Crippen molar-refractivity contribution in [1.29, 1.82) is 0 Å². The number of hydrazine groups is 1. The minimum absolute atomic E-state index is 0.165. The van der Waals surface area contributed by atoms with Gasteiger partial charge < -0.3 is 5.32 Å². The number of hydrogen-bond acceptors (Lipinski definition) is 3. The first-order valence-corrected chi connectivity index (χ1v) is 5.46. The summed E-state index contributed by atoms with van der Waals surface area (Å²) in [7, 11) is 0. The molecule has 0 aliphatic carbocycles. The first kappa shape index (κ1) is 12.7. The Bertz CT molecular complexity index is 378. The van der Waals surface area contributed by atoms with Gasteiger partial charge in [-0.1, -0.05) is 15.9 Å². The third-order valence-corrected chi connectivity index (χ3v) is 2.43. The summed E-state index contributed by atoms with van der Waals surface area (Å²) in [4.78, 5) is 22.3. The van der Waals surface area contributed by atoms with Crippen LogP contribution in [0.4, 0.5) is 0 Å².